The third-order valence-electron chi connectivity index (χ3n) is 3.63. The molecule has 3 nitrogen and oxygen atoms in total. The lowest BCUT2D eigenvalue weighted by molar-refractivity contribution is -0.130. The second-order valence-electron chi connectivity index (χ2n) is 4.21. The van der Waals surface area contributed by atoms with Crippen LogP contribution in [-0.4, -0.2) is 11.8 Å². The van der Waals surface area contributed by atoms with Crippen LogP contribution in [0.25, 0.3) is 0 Å². The van der Waals surface area contributed by atoms with E-state index in [1.165, 1.54) is 0 Å². The number of nitrogens with one attached hydrogen (secondary N) is 1. The van der Waals surface area contributed by atoms with Gasteiger partial charge in [-0.1, -0.05) is 19.8 Å². The molecule has 1 spiro atoms. The topological polar surface area (TPSA) is 46.2 Å². The van der Waals surface area contributed by atoms with Gasteiger partial charge in [-0.15, -0.1) is 0 Å². The minimum Gasteiger partial charge on any atom is -0.296 e. The third-order valence-corrected chi connectivity index (χ3v) is 3.63. The van der Waals surface area contributed by atoms with Crippen LogP contribution in [0.5, 0.6) is 0 Å². The lowest BCUT2D eigenvalue weighted by Gasteiger charge is -2.25. The van der Waals surface area contributed by atoms with E-state index >= 15 is 0 Å². The molecule has 72 valence electrons. The molecule has 2 aliphatic rings. The van der Waals surface area contributed by atoms with Crippen molar-refractivity contribution in [1.29, 1.82) is 0 Å². The van der Waals surface area contributed by atoms with Crippen LogP contribution in [0.1, 0.15) is 39.0 Å². The Bertz CT molecular complexity index is 262. The Labute approximate surface area is 77.9 Å². The van der Waals surface area contributed by atoms with Crippen molar-refractivity contribution >= 4 is 11.8 Å². The van der Waals surface area contributed by atoms with Crippen LogP contribution >= 0.6 is 0 Å². The van der Waals surface area contributed by atoms with Gasteiger partial charge < -0.3 is 0 Å². The van der Waals surface area contributed by atoms with E-state index in [4.69, 9.17) is 0 Å². The van der Waals surface area contributed by atoms with Gasteiger partial charge in [-0.25, -0.2) is 0 Å². The maximum absolute atomic E-state index is 11.6. The lowest BCUT2D eigenvalue weighted by Crippen LogP contribution is -2.34. The molecule has 0 aromatic carbocycles. The van der Waals surface area contributed by atoms with Gasteiger partial charge in [-0.05, 0) is 18.8 Å². The summed E-state index contributed by atoms with van der Waals surface area (Å²) in [6.45, 7) is 2.10. The molecule has 2 atom stereocenters. The molecule has 2 unspecified atom stereocenters. The Balaban J connectivity index is 2.28. The number of hydrogen-bond acceptors (Lipinski definition) is 2. The van der Waals surface area contributed by atoms with Crippen molar-refractivity contribution in [3.8, 4) is 0 Å². The molecule has 0 aromatic rings. The summed E-state index contributed by atoms with van der Waals surface area (Å²) in [5.74, 6) is 0.339. The second-order valence-corrected chi connectivity index (χ2v) is 4.21. The molecule has 1 saturated heterocycles. The molecular weight excluding hydrogens is 166 g/mol. The Morgan fingerprint density at radius 3 is 2.85 bits per heavy atom. The largest absolute Gasteiger partial charge is 0.296 e. The molecule has 13 heavy (non-hydrogen) atoms. The number of rotatable bonds is 1. The number of hydrogen-bond donors (Lipinski definition) is 1. The molecular formula is C10H15NO2. The van der Waals surface area contributed by atoms with Crippen LogP contribution in [-0.2, 0) is 9.59 Å². The molecule has 1 aliphatic carbocycles. The first-order valence-electron chi connectivity index (χ1n) is 5.03. The van der Waals surface area contributed by atoms with Gasteiger partial charge in [0.25, 0.3) is 0 Å². The fraction of sp³-hybridized carbons (Fsp3) is 0.800. The first kappa shape index (κ1) is 8.73. The van der Waals surface area contributed by atoms with Crippen LogP contribution < -0.4 is 5.32 Å². The van der Waals surface area contributed by atoms with Gasteiger partial charge in [0.05, 0.1) is 5.41 Å². The van der Waals surface area contributed by atoms with E-state index < -0.39 is 0 Å². The molecule has 2 amide bonds. The summed E-state index contributed by atoms with van der Waals surface area (Å²) in [6.07, 6.45) is 4.56. The Kier molecular flexibility index (Phi) is 1.90. The predicted octanol–water partition coefficient (Wildman–Crippen LogP) is 1.23. The van der Waals surface area contributed by atoms with Gasteiger partial charge in [0.15, 0.2) is 0 Å². The highest BCUT2D eigenvalue weighted by molar-refractivity contribution is 6.06. The van der Waals surface area contributed by atoms with Crippen molar-refractivity contribution in [3.05, 3.63) is 0 Å². The number of amides is 2. The number of carbonyl (C=O) groups excluding carboxylic acids is 2. The first-order valence-corrected chi connectivity index (χ1v) is 5.03. The minimum atomic E-state index is -0.314. The summed E-state index contributed by atoms with van der Waals surface area (Å²) in [5, 5.41) is 2.44. The smallest absolute Gasteiger partial charge is 0.233 e. The lowest BCUT2D eigenvalue weighted by atomic mass is 9.75. The van der Waals surface area contributed by atoms with E-state index in [0.717, 1.165) is 25.7 Å². The monoisotopic (exact) mass is 181 g/mol. The average Bonchev–Trinajstić information content (AvgIpc) is 2.59. The van der Waals surface area contributed by atoms with Crippen molar-refractivity contribution in [1.82, 2.24) is 5.32 Å². The molecule has 1 aliphatic heterocycles. The predicted molar refractivity (Wildman–Crippen MR) is 47.8 cm³/mol. The molecule has 3 heteroatoms. The first-order chi connectivity index (χ1) is 6.19. The van der Waals surface area contributed by atoms with Gasteiger partial charge >= 0.3 is 0 Å². The van der Waals surface area contributed by atoms with Crippen molar-refractivity contribution < 1.29 is 9.59 Å². The van der Waals surface area contributed by atoms with Crippen molar-refractivity contribution in [3.63, 3.8) is 0 Å². The zero-order valence-corrected chi connectivity index (χ0v) is 7.93. The molecule has 1 saturated carbocycles. The molecule has 0 radical (unpaired) electrons. The van der Waals surface area contributed by atoms with Crippen molar-refractivity contribution in [2.45, 2.75) is 39.0 Å². The van der Waals surface area contributed by atoms with E-state index in [-0.39, 0.29) is 17.2 Å². The van der Waals surface area contributed by atoms with Crippen molar-refractivity contribution in [2.24, 2.45) is 11.3 Å². The van der Waals surface area contributed by atoms with Crippen LogP contribution in [0, 0.1) is 11.3 Å². The SMILES string of the molecule is CCC1CCCC12CC(=O)NC2=O. The number of imide groups is 1. The molecule has 0 bridgehead atoms. The average molecular weight is 181 g/mol. The molecule has 0 aromatic heterocycles. The summed E-state index contributed by atoms with van der Waals surface area (Å²) in [5.41, 5.74) is -0.314. The quantitative estimate of drug-likeness (QED) is 0.618. The van der Waals surface area contributed by atoms with Gasteiger partial charge in [0.1, 0.15) is 0 Å². The van der Waals surface area contributed by atoms with Crippen molar-refractivity contribution in [2.75, 3.05) is 0 Å². The zero-order chi connectivity index (χ0) is 9.47. The highest BCUT2D eigenvalue weighted by Crippen LogP contribution is 2.49. The Hall–Kier alpha value is -0.860. The highest BCUT2D eigenvalue weighted by atomic mass is 16.2. The summed E-state index contributed by atoms with van der Waals surface area (Å²) < 4.78 is 0. The van der Waals surface area contributed by atoms with Crippen LogP contribution in [0.4, 0.5) is 0 Å². The fourth-order valence-corrected chi connectivity index (χ4v) is 2.93. The van der Waals surface area contributed by atoms with Gasteiger partial charge in [0.2, 0.25) is 11.8 Å². The van der Waals surface area contributed by atoms with Crippen LogP contribution in [0.3, 0.4) is 0 Å². The van der Waals surface area contributed by atoms with Gasteiger partial charge in [0, 0.05) is 6.42 Å². The summed E-state index contributed by atoms with van der Waals surface area (Å²) in [4.78, 5) is 22.8. The fourth-order valence-electron chi connectivity index (χ4n) is 2.93. The molecule has 2 rings (SSSR count). The molecule has 2 fully saturated rings. The Morgan fingerprint density at radius 1 is 1.54 bits per heavy atom. The van der Waals surface area contributed by atoms with Gasteiger partial charge in [-0.3, -0.25) is 14.9 Å². The summed E-state index contributed by atoms with van der Waals surface area (Å²) >= 11 is 0. The maximum Gasteiger partial charge on any atom is 0.233 e. The maximum atomic E-state index is 11.6. The van der Waals surface area contributed by atoms with Crippen LogP contribution in [0.2, 0.25) is 0 Å². The minimum absolute atomic E-state index is 0.0122. The third kappa shape index (κ3) is 1.10. The van der Waals surface area contributed by atoms with Crippen LogP contribution in [0.15, 0.2) is 0 Å². The van der Waals surface area contributed by atoms with E-state index in [0.29, 0.717) is 12.3 Å². The van der Waals surface area contributed by atoms with E-state index in [2.05, 4.69) is 12.2 Å². The summed E-state index contributed by atoms with van der Waals surface area (Å²) in [6, 6.07) is 0. The van der Waals surface area contributed by atoms with E-state index in [1.54, 1.807) is 0 Å². The summed E-state index contributed by atoms with van der Waals surface area (Å²) in [7, 11) is 0. The highest BCUT2D eigenvalue weighted by Gasteiger charge is 2.53. The standard InChI is InChI=1S/C10H15NO2/c1-2-7-4-3-5-10(7)6-8(12)11-9(10)13/h7H,2-6H2,1H3,(H,11,12,13). The number of carbonyl (C=O) groups is 2. The second kappa shape index (κ2) is 2.82. The van der Waals surface area contributed by atoms with Gasteiger partial charge in [-0.2, -0.15) is 0 Å². The molecule has 1 heterocycles. The normalized spacial score (nSPS) is 38.7. The van der Waals surface area contributed by atoms with E-state index in [9.17, 15) is 9.59 Å². The Morgan fingerprint density at radius 2 is 2.31 bits per heavy atom. The zero-order valence-electron chi connectivity index (χ0n) is 7.93. The van der Waals surface area contributed by atoms with E-state index in [1.807, 2.05) is 0 Å². The molecule has 1 N–H and O–H groups in total.